The first-order chi connectivity index (χ1) is 14.0. The van der Waals surface area contributed by atoms with Crippen molar-refractivity contribution in [3.63, 3.8) is 0 Å². The van der Waals surface area contributed by atoms with E-state index in [9.17, 15) is 9.59 Å². The monoisotopic (exact) mass is 411 g/mol. The summed E-state index contributed by atoms with van der Waals surface area (Å²) in [5.74, 6) is 0.466. The van der Waals surface area contributed by atoms with Crippen molar-refractivity contribution in [3.8, 4) is 11.5 Å². The third-order valence-corrected chi connectivity index (χ3v) is 5.18. The molecular formula is C21H21N3O4S. The van der Waals surface area contributed by atoms with Crippen LogP contribution in [0.1, 0.15) is 17.3 Å². The highest BCUT2D eigenvalue weighted by Crippen LogP contribution is 2.28. The summed E-state index contributed by atoms with van der Waals surface area (Å²) in [6.07, 6.45) is 1.74. The molecule has 0 unspecified atom stereocenters. The first-order valence-electron chi connectivity index (χ1n) is 8.79. The molecular weight excluding hydrogens is 390 g/mol. The van der Waals surface area contributed by atoms with Gasteiger partial charge in [-0.15, -0.1) is 6.58 Å². The van der Waals surface area contributed by atoms with Crippen LogP contribution < -0.4 is 19.6 Å². The predicted molar refractivity (Wildman–Crippen MR) is 114 cm³/mol. The maximum Gasteiger partial charge on any atom is 0.279 e. The van der Waals surface area contributed by atoms with Gasteiger partial charge < -0.3 is 19.4 Å². The van der Waals surface area contributed by atoms with Crippen molar-refractivity contribution < 1.29 is 19.1 Å². The van der Waals surface area contributed by atoms with Gasteiger partial charge in [0, 0.05) is 24.7 Å². The van der Waals surface area contributed by atoms with E-state index in [2.05, 4.69) is 16.9 Å². The number of anilines is 1. The van der Waals surface area contributed by atoms with E-state index in [1.165, 1.54) is 32.5 Å². The number of methoxy groups -OCH3 is 2. The summed E-state index contributed by atoms with van der Waals surface area (Å²) in [6.45, 7) is 5.74. The Bertz CT molecular complexity index is 1160. The minimum absolute atomic E-state index is 0.145. The second-order valence-corrected chi connectivity index (χ2v) is 7.14. The van der Waals surface area contributed by atoms with Gasteiger partial charge in [0.15, 0.2) is 16.3 Å². The average molecular weight is 411 g/mol. The van der Waals surface area contributed by atoms with Crippen LogP contribution >= 0.6 is 11.3 Å². The molecule has 0 saturated heterocycles. The number of carbonyl (C=O) groups is 2. The molecule has 0 spiro atoms. The van der Waals surface area contributed by atoms with Crippen molar-refractivity contribution in [2.24, 2.45) is 4.99 Å². The fourth-order valence-corrected chi connectivity index (χ4v) is 3.94. The number of allylic oxidation sites excluding steroid dienone is 1. The molecule has 7 nitrogen and oxygen atoms in total. The van der Waals surface area contributed by atoms with Crippen molar-refractivity contribution in [2.75, 3.05) is 19.5 Å². The number of benzene rings is 2. The standard InChI is InChI=1S/C21H21N3O4S/c1-5-10-24-16-8-7-15(22-13(2)25)12-19(16)29-21(24)23-20(26)14-6-9-17(27-3)18(11-14)28-4/h5-9,11-12H,1,10H2,2-4H3,(H,22,25). The number of nitrogens with one attached hydrogen (secondary N) is 1. The van der Waals surface area contributed by atoms with Gasteiger partial charge >= 0.3 is 0 Å². The molecule has 3 aromatic rings. The number of thiazole rings is 1. The van der Waals surface area contributed by atoms with Crippen LogP contribution in [0.15, 0.2) is 54.0 Å². The van der Waals surface area contributed by atoms with E-state index < -0.39 is 5.91 Å². The van der Waals surface area contributed by atoms with Gasteiger partial charge in [0.2, 0.25) is 5.91 Å². The van der Waals surface area contributed by atoms with E-state index in [0.717, 1.165) is 10.2 Å². The molecule has 0 bridgehead atoms. The summed E-state index contributed by atoms with van der Waals surface area (Å²) in [5, 5.41) is 2.76. The van der Waals surface area contributed by atoms with E-state index in [1.54, 1.807) is 24.3 Å². The fraction of sp³-hybridized carbons (Fsp3) is 0.190. The topological polar surface area (TPSA) is 81.9 Å². The third kappa shape index (κ3) is 4.38. The quantitative estimate of drug-likeness (QED) is 0.629. The highest BCUT2D eigenvalue weighted by Gasteiger charge is 2.12. The molecule has 3 rings (SSSR count). The number of nitrogens with zero attached hydrogens (tertiary/aromatic N) is 2. The van der Waals surface area contributed by atoms with E-state index in [1.807, 2.05) is 22.8 Å². The summed E-state index contributed by atoms with van der Waals surface area (Å²) in [6, 6.07) is 10.5. The Kier molecular flexibility index (Phi) is 6.13. The lowest BCUT2D eigenvalue weighted by atomic mass is 10.2. The fourth-order valence-electron chi connectivity index (χ4n) is 2.87. The normalized spacial score (nSPS) is 11.3. The third-order valence-electron chi connectivity index (χ3n) is 4.14. The highest BCUT2D eigenvalue weighted by molar-refractivity contribution is 7.16. The number of amides is 2. The number of hydrogen-bond donors (Lipinski definition) is 1. The molecule has 0 aliphatic heterocycles. The molecule has 1 N–H and O–H groups in total. The molecule has 2 amide bonds. The summed E-state index contributed by atoms with van der Waals surface area (Å²) in [5.41, 5.74) is 1.99. The smallest absolute Gasteiger partial charge is 0.279 e. The van der Waals surface area contributed by atoms with Crippen LogP contribution in [-0.4, -0.2) is 30.6 Å². The number of carbonyl (C=O) groups excluding carboxylic acids is 2. The largest absolute Gasteiger partial charge is 0.493 e. The second kappa shape index (κ2) is 8.74. The van der Waals surface area contributed by atoms with Gasteiger partial charge in [-0.05, 0) is 36.4 Å². The van der Waals surface area contributed by atoms with Crippen LogP contribution in [0.3, 0.4) is 0 Å². The SMILES string of the molecule is C=CCn1c(=NC(=O)c2ccc(OC)c(OC)c2)sc2cc(NC(C)=O)ccc21. The molecule has 1 aromatic heterocycles. The van der Waals surface area contributed by atoms with Crippen LogP contribution in [0, 0.1) is 0 Å². The molecule has 8 heteroatoms. The molecule has 0 saturated carbocycles. The zero-order chi connectivity index (χ0) is 21.0. The van der Waals surface area contributed by atoms with Crippen LogP contribution in [0.4, 0.5) is 5.69 Å². The van der Waals surface area contributed by atoms with Crippen LogP contribution in [0.5, 0.6) is 11.5 Å². The van der Waals surface area contributed by atoms with Gasteiger partial charge in [-0.1, -0.05) is 17.4 Å². The average Bonchev–Trinajstić information content (AvgIpc) is 3.03. The minimum Gasteiger partial charge on any atom is -0.493 e. The maximum absolute atomic E-state index is 12.8. The maximum atomic E-state index is 12.8. The lowest BCUT2D eigenvalue weighted by Crippen LogP contribution is -2.16. The first kappa shape index (κ1) is 20.3. The molecule has 0 atom stereocenters. The molecule has 0 aliphatic rings. The first-order valence-corrected chi connectivity index (χ1v) is 9.61. The van der Waals surface area contributed by atoms with Crippen molar-refractivity contribution >= 4 is 39.1 Å². The van der Waals surface area contributed by atoms with Crippen LogP contribution in [0.25, 0.3) is 10.2 Å². The zero-order valence-corrected chi connectivity index (χ0v) is 17.2. The van der Waals surface area contributed by atoms with Crippen LogP contribution in [0.2, 0.25) is 0 Å². The van der Waals surface area contributed by atoms with Gasteiger partial charge in [-0.25, -0.2) is 0 Å². The van der Waals surface area contributed by atoms with Crippen molar-refractivity contribution in [2.45, 2.75) is 13.5 Å². The van der Waals surface area contributed by atoms with Crippen molar-refractivity contribution in [1.82, 2.24) is 4.57 Å². The summed E-state index contributed by atoms with van der Waals surface area (Å²) in [7, 11) is 3.05. The van der Waals surface area contributed by atoms with Crippen LogP contribution in [-0.2, 0) is 11.3 Å². The Morgan fingerprint density at radius 2 is 1.93 bits per heavy atom. The lowest BCUT2D eigenvalue weighted by Gasteiger charge is -2.07. The van der Waals surface area contributed by atoms with Gasteiger partial charge in [-0.2, -0.15) is 4.99 Å². The van der Waals surface area contributed by atoms with Crippen molar-refractivity contribution in [3.05, 3.63) is 59.4 Å². The summed E-state index contributed by atoms with van der Waals surface area (Å²) < 4.78 is 13.3. The van der Waals surface area contributed by atoms with E-state index >= 15 is 0 Å². The Labute approximate surface area is 171 Å². The van der Waals surface area contributed by atoms with E-state index in [4.69, 9.17) is 9.47 Å². The number of fused-ring (bicyclic) bond motifs is 1. The molecule has 29 heavy (non-hydrogen) atoms. The second-order valence-electron chi connectivity index (χ2n) is 6.13. The molecule has 150 valence electrons. The zero-order valence-electron chi connectivity index (χ0n) is 16.4. The van der Waals surface area contributed by atoms with Gasteiger partial charge in [0.25, 0.3) is 5.91 Å². The Morgan fingerprint density at radius 3 is 2.59 bits per heavy atom. The van der Waals surface area contributed by atoms with Gasteiger partial charge in [-0.3, -0.25) is 9.59 Å². The van der Waals surface area contributed by atoms with Gasteiger partial charge in [0.05, 0.1) is 24.4 Å². The summed E-state index contributed by atoms with van der Waals surface area (Å²) in [4.78, 5) is 28.9. The lowest BCUT2D eigenvalue weighted by molar-refractivity contribution is -0.114. The van der Waals surface area contributed by atoms with E-state index in [-0.39, 0.29) is 5.91 Å². The molecule has 0 radical (unpaired) electrons. The number of rotatable bonds is 6. The Balaban J connectivity index is 2.08. The molecule has 0 aliphatic carbocycles. The number of hydrogen-bond acceptors (Lipinski definition) is 5. The number of aromatic nitrogens is 1. The van der Waals surface area contributed by atoms with Gasteiger partial charge in [0.1, 0.15) is 0 Å². The predicted octanol–water partition coefficient (Wildman–Crippen LogP) is 3.61. The molecule has 0 fully saturated rings. The molecule has 1 heterocycles. The van der Waals surface area contributed by atoms with Crippen molar-refractivity contribution in [1.29, 1.82) is 0 Å². The number of ether oxygens (including phenoxy) is 2. The minimum atomic E-state index is -0.391. The van der Waals surface area contributed by atoms with E-state index in [0.29, 0.717) is 34.1 Å². The summed E-state index contributed by atoms with van der Waals surface area (Å²) >= 11 is 1.37. The molecule has 2 aromatic carbocycles. The highest BCUT2D eigenvalue weighted by atomic mass is 32.1. The Hall–Kier alpha value is -3.39. The Morgan fingerprint density at radius 1 is 1.17 bits per heavy atom.